The fourth-order valence-corrected chi connectivity index (χ4v) is 1.99. The van der Waals surface area contributed by atoms with Crippen molar-refractivity contribution in [1.29, 1.82) is 0 Å². The summed E-state index contributed by atoms with van der Waals surface area (Å²) in [5.74, 6) is -1.21. The highest BCUT2D eigenvalue weighted by Crippen LogP contribution is 2.32. The molecule has 8 heteroatoms. The number of halogens is 4. The fourth-order valence-electron chi connectivity index (χ4n) is 1.99. The summed E-state index contributed by atoms with van der Waals surface area (Å²) < 4.78 is 56.6. The van der Waals surface area contributed by atoms with Crippen LogP contribution < -0.4 is 5.32 Å². The van der Waals surface area contributed by atoms with Crippen molar-refractivity contribution >= 4 is 11.8 Å². The molecular weight excluding hydrogens is 328 g/mol. The first kappa shape index (κ1) is 17.7. The lowest BCUT2D eigenvalue weighted by molar-refractivity contribution is -0.138. The first-order chi connectivity index (χ1) is 11.3. The number of nitrogens with zero attached hydrogens (tertiary/aromatic N) is 1. The number of aromatic nitrogens is 1. The minimum atomic E-state index is -4.65. The van der Waals surface area contributed by atoms with Crippen LogP contribution in [0, 0.1) is 5.82 Å². The molecule has 0 aliphatic rings. The summed E-state index contributed by atoms with van der Waals surface area (Å²) in [5.41, 5.74) is -0.918. The maximum Gasteiger partial charge on any atom is 0.416 e. The van der Waals surface area contributed by atoms with E-state index in [0.717, 1.165) is 12.1 Å². The van der Waals surface area contributed by atoms with Gasteiger partial charge >= 0.3 is 12.1 Å². The van der Waals surface area contributed by atoms with Crippen LogP contribution in [0.5, 0.6) is 0 Å². The van der Waals surface area contributed by atoms with Gasteiger partial charge in [-0.25, -0.2) is 14.2 Å². The minimum absolute atomic E-state index is 0.111. The third-order valence-corrected chi connectivity index (χ3v) is 3.11. The SMILES string of the molecule is CCOC(=O)c1ccc(NCc2ccc(F)cc2C(F)(F)F)nc1. The van der Waals surface area contributed by atoms with Crippen LogP contribution >= 0.6 is 0 Å². The van der Waals surface area contributed by atoms with Crippen LogP contribution in [0.2, 0.25) is 0 Å². The third kappa shape index (κ3) is 4.43. The molecule has 0 atom stereocenters. The van der Waals surface area contributed by atoms with Crippen molar-refractivity contribution in [1.82, 2.24) is 4.98 Å². The van der Waals surface area contributed by atoms with E-state index in [4.69, 9.17) is 4.74 Å². The molecule has 0 fully saturated rings. The van der Waals surface area contributed by atoms with Crippen molar-refractivity contribution in [2.75, 3.05) is 11.9 Å². The van der Waals surface area contributed by atoms with Gasteiger partial charge in [-0.2, -0.15) is 13.2 Å². The molecule has 2 aromatic rings. The van der Waals surface area contributed by atoms with Gasteiger partial charge in [-0.3, -0.25) is 0 Å². The first-order valence-corrected chi connectivity index (χ1v) is 7.04. The van der Waals surface area contributed by atoms with E-state index in [1.54, 1.807) is 6.92 Å². The number of rotatable bonds is 5. The second kappa shape index (κ2) is 7.29. The molecule has 0 radical (unpaired) electrons. The number of nitrogens with one attached hydrogen (secondary N) is 1. The Bertz CT molecular complexity index is 715. The molecule has 0 aliphatic heterocycles. The van der Waals surface area contributed by atoms with Gasteiger partial charge in [-0.1, -0.05) is 6.07 Å². The fraction of sp³-hybridized carbons (Fsp3) is 0.250. The number of carbonyl (C=O) groups is 1. The monoisotopic (exact) mass is 342 g/mol. The Kier molecular flexibility index (Phi) is 5.38. The lowest BCUT2D eigenvalue weighted by Gasteiger charge is -2.14. The summed E-state index contributed by atoms with van der Waals surface area (Å²) in [5, 5.41) is 2.71. The zero-order chi connectivity index (χ0) is 17.7. The normalized spacial score (nSPS) is 11.2. The lowest BCUT2D eigenvalue weighted by Crippen LogP contribution is -2.13. The summed E-state index contributed by atoms with van der Waals surface area (Å²) in [6, 6.07) is 5.38. The molecule has 0 saturated heterocycles. The topological polar surface area (TPSA) is 51.2 Å². The second-order valence-electron chi connectivity index (χ2n) is 4.81. The van der Waals surface area contributed by atoms with Crippen LogP contribution in [0.4, 0.5) is 23.4 Å². The van der Waals surface area contributed by atoms with Crippen LogP contribution in [0.25, 0.3) is 0 Å². The molecule has 0 saturated carbocycles. The van der Waals surface area contributed by atoms with Crippen LogP contribution in [0.3, 0.4) is 0 Å². The standard InChI is InChI=1S/C16H14F4N2O2/c1-2-24-15(23)11-4-6-14(22-9-11)21-8-10-3-5-12(17)7-13(10)16(18,19)20/h3-7,9H,2,8H2,1H3,(H,21,22). The number of hydrogen-bond acceptors (Lipinski definition) is 4. The number of carbonyl (C=O) groups excluding carboxylic acids is 1. The molecule has 1 aromatic carbocycles. The highest BCUT2D eigenvalue weighted by Gasteiger charge is 2.33. The Morgan fingerprint density at radius 1 is 1.25 bits per heavy atom. The number of pyridine rings is 1. The van der Waals surface area contributed by atoms with Crippen molar-refractivity contribution in [2.45, 2.75) is 19.6 Å². The van der Waals surface area contributed by atoms with Gasteiger partial charge in [0.1, 0.15) is 11.6 Å². The second-order valence-corrected chi connectivity index (χ2v) is 4.81. The number of hydrogen-bond donors (Lipinski definition) is 1. The lowest BCUT2D eigenvalue weighted by atomic mass is 10.1. The predicted molar refractivity (Wildman–Crippen MR) is 78.9 cm³/mol. The molecule has 0 bridgehead atoms. The smallest absolute Gasteiger partial charge is 0.416 e. The van der Waals surface area contributed by atoms with E-state index in [0.29, 0.717) is 6.07 Å². The molecule has 1 N–H and O–H groups in total. The molecule has 24 heavy (non-hydrogen) atoms. The van der Waals surface area contributed by atoms with E-state index in [9.17, 15) is 22.4 Å². The summed E-state index contributed by atoms with van der Waals surface area (Å²) in [6.07, 6.45) is -3.39. The van der Waals surface area contributed by atoms with Gasteiger partial charge in [0.15, 0.2) is 0 Å². The molecule has 0 aliphatic carbocycles. The average molecular weight is 342 g/mol. The van der Waals surface area contributed by atoms with Crippen molar-refractivity contribution in [3.63, 3.8) is 0 Å². The molecule has 0 spiro atoms. The number of ether oxygens (including phenoxy) is 1. The maximum atomic E-state index is 13.0. The quantitative estimate of drug-likeness (QED) is 0.658. The van der Waals surface area contributed by atoms with Crippen LogP contribution in [-0.4, -0.2) is 17.6 Å². The van der Waals surface area contributed by atoms with Crippen molar-refractivity contribution < 1.29 is 27.1 Å². The van der Waals surface area contributed by atoms with Gasteiger partial charge in [0.25, 0.3) is 0 Å². The van der Waals surface area contributed by atoms with E-state index < -0.39 is 23.5 Å². The van der Waals surface area contributed by atoms with E-state index in [1.807, 2.05) is 0 Å². The Balaban J connectivity index is 2.10. The van der Waals surface area contributed by atoms with Gasteiger partial charge in [-0.05, 0) is 36.8 Å². The first-order valence-electron chi connectivity index (χ1n) is 7.04. The molecule has 1 heterocycles. The number of anilines is 1. The van der Waals surface area contributed by atoms with Gasteiger partial charge in [0.2, 0.25) is 0 Å². The van der Waals surface area contributed by atoms with Gasteiger partial charge < -0.3 is 10.1 Å². The van der Waals surface area contributed by atoms with Crippen LogP contribution in [0.15, 0.2) is 36.5 Å². The highest BCUT2D eigenvalue weighted by atomic mass is 19.4. The van der Waals surface area contributed by atoms with Crippen molar-refractivity contribution in [3.05, 3.63) is 59.0 Å². The summed E-state index contributed by atoms with van der Waals surface area (Å²) in [4.78, 5) is 15.4. The van der Waals surface area contributed by atoms with E-state index in [-0.39, 0.29) is 30.1 Å². The summed E-state index contributed by atoms with van der Waals surface area (Å²) in [7, 11) is 0. The zero-order valence-electron chi connectivity index (χ0n) is 12.7. The number of esters is 1. The Labute approximate surface area is 135 Å². The highest BCUT2D eigenvalue weighted by molar-refractivity contribution is 5.89. The van der Waals surface area contributed by atoms with E-state index in [1.165, 1.54) is 18.3 Å². The molecular formula is C16H14F4N2O2. The van der Waals surface area contributed by atoms with Crippen molar-refractivity contribution in [2.24, 2.45) is 0 Å². The Morgan fingerprint density at radius 2 is 2.00 bits per heavy atom. The van der Waals surface area contributed by atoms with Crippen LogP contribution in [-0.2, 0) is 17.5 Å². The zero-order valence-corrected chi connectivity index (χ0v) is 12.7. The molecule has 4 nitrogen and oxygen atoms in total. The minimum Gasteiger partial charge on any atom is -0.462 e. The molecule has 0 unspecified atom stereocenters. The van der Waals surface area contributed by atoms with Crippen molar-refractivity contribution in [3.8, 4) is 0 Å². The van der Waals surface area contributed by atoms with Gasteiger partial charge in [-0.15, -0.1) is 0 Å². The number of alkyl halides is 3. The molecule has 128 valence electrons. The van der Waals surface area contributed by atoms with E-state index >= 15 is 0 Å². The third-order valence-electron chi connectivity index (χ3n) is 3.11. The Morgan fingerprint density at radius 3 is 2.58 bits per heavy atom. The summed E-state index contributed by atoms with van der Waals surface area (Å²) >= 11 is 0. The molecule has 2 rings (SSSR count). The predicted octanol–water partition coefficient (Wildman–Crippen LogP) is 4.03. The maximum absolute atomic E-state index is 13.0. The van der Waals surface area contributed by atoms with Gasteiger partial charge in [0, 0.05) is 12.7 Å². The van der Waals surface area contributed by atoms with Crippen LogP contribution in [0.1, 0.15) is 28.4 Å². The molecule has 1 aromatic heterocycles. The van der Waals surface area contributed by atoms with E-state index in [2.05, 4.69) is 10.3 Å². The number of benzene rings is 1. The Hall–Kier alpha value is -2.64. The summed E-state index contributed by atoms with van der Waals surface area (Å²) in [6.45, 7) is 1.70. The average Bonchev–Trinajstić information content (AvgIpc) is 2.53. The van der Waals surface area contributed by atoms with Gasteiger partial charge in [0.05, 0.1) is 17.7 Å². The largest absolute Gasteiger partial charge is 0.462 e. The molecule has 0 amide bonds.